The lowest BCUT2D eigenvalue weighted by Crippen LogP contribution is -2.30. The first kappa shape index (κ1) is 19.9. The number of aromatic nitrogens is 5. The summed E-state index contributed by atoms with van der Waals surface area (Å²) in [6.45, 7) is 4.05. The second kappa shape index (κ2) is 8.03. The summed E-state index contributed by atoms with van der Waals surface area (Å²) in [6.07, 6.45) is 0. The van der Waals surface area contributed by atoms with Crippen molar-refractivity contribution in [3.8, 4) is 11.5 Å². The molecular weight excluding hydrogens is 386 g/mol. The number of aliphatic hydroxyl groups excluding tert-OH is 1. The predicted molar refractivity (Wildman–Crippen MR) is 106 cm³/mol. The number of anilines is 2. The lowest BCUT2D eigenvalue weighted by atomic mass is 10.1. The van der Waals surface area contributed by atoms with Crippen LogP contribution in [0.3, 0.4) is 0 Å². The van der Waals surface area contributed by atoms with Gasteiger partial charge < -0.3 is 26.0 Å². The van der Waals surface area contributed by atoms with E-state index in [0.717, 1.165) is 0 Å². The monoisotopic (exact) mass is 407 g/mol. The molecule has 0 aliphatic heterocycles. The highest BCUT2D eigenvalue weighted by atomic mass is 35.5. The number of rotatable bonds is 7. The Bertz CT molecular complexity index is 993. The molecule has 1 atom stereocenters. The first-order valence-electron chi connectivity index (χ1n) is 8.69. The van der Waals surface area contributed by atoms with E-state index in [1.54, 1.807) is 13.1 Å². The van der Waals surface area contributed by atoms with Crippen molar-refractivity contribution in [2.75, 3.05) is 17.2 Å². The zero-order valence-electron chi connectivity index (χ0n) is 15.7. The number of hydrogen-bond acceptors (Lipinski definition) is 9. The Morgan fingerprint density at radius 1 is 1.18 bits per heavy atom. The Labute approximate surface area is 166 Å². The molecule has 3 rings (SSSR count). The minimum absolute atomic E-state index is 0.0646. The van der Waals surface area contributed by atoms with E-state index in [9.17, 15) is 15.3 Å². The van der Waals surface area contributed by atoms with E-state index in [1.807, 2.05) is 13.8 Å². The summed E-state index contributed by atoms with van der Waals surface area (Å²) in [7, 11) is 1.71. The molecule has 3 aromatic rings. The van der Waals surface area contributed by atoms with Crippen LogP contribution in [0.25, 0.3) is 11.2 Å². The number of aryl methyl sites for hydroxylation is 1. The second-order valence-corrected chi connectivity index (χ2v) is 7.12. The quantitative estimate of drug-likeness (QED) is 0.371. The van der Waals surface area contributed by atoms with Gasteiger partial charge in [-0.1, -0.05) is 36.7 Å². The molecule has 0 amide bonds. The van der Waals surface area contributed by atoms with Crippen LogP contribution in [0, 0.1) is 5.92 Å². The van der Waals surface area contributed by atoms with Gasteiger partial charge >= 0.3 is 0 Å². The lowest BCUT2D eigenvalue weighted by Gasteiger charge is -2.20. The van der Waals surface area contributed by atoms with Crippen molar-refractivity contribution in [3.05, 3.63) is 22.7 Å². The maximum atomic E-state index is 10.1. The van der Waals surface area contributed by atoms with E-state index < -0.39 is 0 Å². The van der Waals surface area contributed by atoms with Crippen molar-refractivity contribution in [3.63, 3.8) is 0 Å². The standard InChI is InChI=1S/C17H22ClN7O3/c1-8(2)11(7-26)20-17-21-15(12-16(22-17)25(3)24-23-12)19-6-9-4-5-10(18)14(28)13(9)27/h4-5,8,11,26-28H,6-7H2,1-3H3,(H2,19,20,21,22)/t11-/m0/s1. The van der Waals surface area contributed by atoms with Gasteiger partial charge in [0.05, 0.1) is 17.7 Å². The third-order valence-electron chi connectivity index (χ3n) is 4.40. The maximum absolute atomic E-state index is 10.1. The van der Waals surface area contributed by atoms with Crippen LogP contribution in [0.5, 0.6) is 11.5 Å². The Morgan fingerprint density at radius 2 is 1.93 bits per heavy atom. The molecule has 0 saturated heterocycles. The Morgan fingerprint density at radius 3 is 2.61 bits per heavy atom. The fourth-order valence-electron chi connectivity index (χ4n) is 2.61. The number of aromatic hydroxyl groups is 2. The summed E-state index contributed by atoms with van der Waals surface area (Å²) in [6, 6.07) is 2.87. The number of phenolic OH excluding ortho intramolecular Hbond substituents is 2. The van der Waals surface area contributed by atoms with Crippen LogP contribution in [-0.2, 0) is 13.6 Å². The molecule has 0 saturated carbocycles. The Balaban J connectivity index is 1.92. The largest absolute Gasteiger partial charge is 0.504 e. The zero-order chi connectivity index (χ0) is 20.4. The first-order valence-corrected chi connectivity index (χ1v) is 9.07. The number of nitrogens with one attached hydrogen (secondary N) is 2. The smallest absolute Gasteiger partial charge is 0.227 e. The van der Waals surface area contributed by atoms with Gasteiger partial charge in [0.2, 0.25) is 5.95 Å². The van der Waals surface area contributed by atoms with E-state index >= 15 is 0 Å². The van der Waals surface area contributed by atoms with Gasteiger partial charge in [0.1, 0.15) is 0 Å². The molecule has 0 unspecified atom stereocenters. The number of nitrogens with zero attached hydrogens (tertiary/aromatic N) is 5. The van der Waals surface area contributed by atoms with Gasteiger partial charge in [-0.15, -0.1) is 5.10 Å². The molecule has 0 spiro atoms. The van der Waals surface area contributed by atoms with E-state index in [2.05, 4.69) is 30.9 Å². The molecule has 0 aliphatic carbocycles. The normalized spacial score (nSPS) is 12.5. The Kier molecular flexibility index (Phi) is 5.71. The van der Waals surface area contributed by atoms with Crippen LogP contribution >= 0.6 is 11.6 Å². The van der Waals surface area contributed by atoms with Gasteiger partial charge in [-0.3, -0.25) is 0 Å². The summed E-state index contributed by atoms with van der Waals surface area (Å²) in [4.78, 5) is 8.86. The number of hydrogen-bond donors (Lipinski definition) is 5. The molecule has 5 N–H and O–H groups in total. The fraction of sp³-hybridized carbons (Fsp3) is 0.412. The lowest BCUT2D eigenvalue weighted by molar-refractivity contribution is 0.248. The van der Waals surface area contributed by atoms with E-state index in [4.69, 9.17) is 11.6 Å². The van der Waals surface area contributed by atoms with Gasteiger partial charge in [0, 0.05) is 19.2 Å². The first-order chi connectivity index (χ1) is 13.3. The van der Waals surface area contributed by atoms with E-state index in [-0.39, 0.29) is 41.6 Å². The van der Waals surface area contributed by atoms with Crippen LogP contribution < -0.4 is 10.6 Å². The molecular formula is C17H22ClN7O3. The van der Waals surface area contributed by atoms with Crippen LogP contribution in [0.4, 0.5) is 11.8 Å². The van der Waals surface area contributed by atoms with Gasteiger partial charge in [-0.2, -0.15) is 9.97 Å². The molecule has 10 nitrogen and oxygen atoms in total. The second-order valence-electron chi connectivity index (χ2n) is 6.72. The average Bonchev–Trinajstić information content (AvgIpc) is 3.04. The predicted octanol–water partition coefficient (Wildman–Crippen LogP) is 1.86. The molecule has 2 heterocycles. The number of fused-ring (bicyclic) bond motifs is 1. The molecule has 0 bridgehead atoms. The molecule has 0 aliphatic rings. The minimum atomic E-state index is -0.376. The van der Waals surface area contributed by atoms with Crippen LogP contribution in [0.15, 0.2) is 12.1 Å². The highest BCUT2D eigenvalue weighted by molar-refractivity contribution is 6.32. The molecule has 11 heteroatoms. The van der Waals surface area contributed by atoms with Crippen LogP contribution in [0.1, 0.15) is 19.4 Å². The van der Waals surface area contributed by atoms with Gasteiger partial charge in [-0.25, -0.2) is 4.68 Å². The number of aliphatic hydroxyl groups is 1. The zero-order valence-corrected chi connectivity index (χ0v) is 16.4. The topological polar surface area (TPSA) is 141 Å². The molecule has 0 fully saturated rings. The third-order valence-corrected chi connectivity index (χ3v) is 4.70. The van der Waals surface area contributed by atoms with E-state index in [1.165, 1.54) is 10.7 Å². The third kappa shape index (κ3) is 3.87. The number of benzene rings is 1. The summed E-state index contributed by atoms with van der Waals surface area (Å²) in [5.41, 5.74) is 1.39. The van der Waals surface area contributed by atoms with Crippen molar-refractivity contribution in [1.82, 2.24) is 25.0 Å². The molecule has 2 aromatic heterocycles. The molecule has 0 radical (unpaired) electrons. The highest BCUT2D eigenvalue weighted by Crippen LogP contribution is 2.36. The van der Waals surface area contributed by atoms with Gasteiger partial charge in [0.25, 0.3) is 0 Å². The molecule has 150 valence electrons. The van der Waals surface area contributed by atoms with Crippen LogP contribution in [-0.4, -0.2) is 52.9 Å². The van der Waals surface area contributed by atoms with Crippen LogP contribution in [0.2, 0.25) is 5.02 Å². The average molecular weight is 408 g/mol. The number of halogens is 1. The SMILES string of the molecule is CC(C)[C@H](CO)Nc1nc(NCc2ccc(Cl)c(O)c2O)c2nnn(C)c2n1. The van der Waals surface area contributed by atoms with Crippen molar-refractivity contribution >= 4 is 34.5 Å². The Hall–Kier alpha value is -2.85. The van der Waals surface area contributed by atoms with Crippen molar-refractivity contribution in [2.45, 2.75) is 26.4 Å². The van der Waals surface area contributed by atoms with E-state index in [0.29, 0.717) is 28.5 Å². The maximum Gasteiger partial charge on any atom is 0.227 e. The molecule has 28 heavy (non-hydrogen) atoms. The fourth-order valence-corrected chi connectivity index (χ4v) is 2.76. The van der Waals surface area contributed by atoms with Crippen molar-refractivity contribution in [2.24, 2.45) is 13.0 Å². The highest BCUT2D eigenvalue weighted by Gasteiger charge is 2.18. The summed E-state index contributed by atoms with van der Waals surface area (Å²) >= 11 is 5.79. The van der Waals surface area contributed by atoms with Gasteiger partial charge in [-0.05, 0) is 12.0 Å². The minimum Gasteiger partial charge on any atom is -0.504 e. The summed E-state index contributed by atoms with van der Waals surface area (Å²) in [5, 5.41) is 43.7. The summed E-state index contributed by atoms with van der Waals surface area (Å²) < 4.78 is 1.52. The van der Waals surface area contributed by atoms with Crippen molar-refractivity contribution in [1.29, 1.82) is 0 Å². The van der Waals surface area contributed by atoms with Gasteiger partial charge in [0.15, 0.2) is 28.5 Å². The number of phenols is 2. The van der Waals surface area contributed by atoms with Crippen molar-refractivity contribution < 1.29 is 15.3 Å². The summed E-state index contributed by atoms with van der Waals surface area (Å²) in [5.74, 6) is 0.201. The molecule has 1 aromatic carbocycles.